The Kier molecular flexibility index (Phi) is 3.33. The highest BCUT2D eigenvalue weighted by molar-refractivity contribution is 5.88. The van der Waals surface area contributed by atoms with Crippen molar-refractivity contribution in [3.8, 4) is 5.75 Å². The van der Waals surface area contributed by atoms with Crippen LogP contribution in [-0.4, -0.2) is 25.6 Å². The largest absolute Gasteiger partial charge is 0.494 e. The number of piperazine rings is 1. The highest BCUT2D eigenvalue weighted by Gasteiger charge is 2.36. The Hall–Kier alpha value is -1.55. The molecule has 2 N–H and O–H groups in total. The van der Waals surface area contributed by atoms with Gasteiger partial charge in [0.25, 0.3) is 0 Å². The predicted octanol–water partition coefficient (Wildman–Crippen LogP) is 1.02. The Morgan fingerprint density at radius 2 is 2.24 bits per heavy atom. The maximum atomic E-state index is 12.0. The van der Waals surface area contributed by atoms with Gasteiger partial charge in [-0.05, 0) is 31.5 Å². The van der Waals surface area contributed by atoms with Gasteiger partial charge < -0.3 is 10.1 Å². The molecule has 0 aromatic heterocycles. The number of carbonyl (C=O) groups is 1. The molecule has 4 heteroatoms. The molecule has 1 aliphatic heterocycles. The summed E-state index contributed by atoms with van der Waals surface area (Å²) < 4.78 is 5.46. The maximum Gasteiger partial charge on any atom is 0.244 e. The second-order valence-corrected chi connectivity index (χ2v) is 4.27. The van der Waals surface area contributed by atoms with Gasteiger partial charge in [0, 0.05) is 13.1 Å². The molecule has 1 unspecified atom stereocenters. The fraction of sp³-hybridized carbons (Fsp3) is 0.462. The lowest BCUT2D eigenvalue weighted by molar-refractivity contribution is -0.128. The number of rotatable bonds is 3. The molecule has 0 saturated carbocycles. The molecule has 1 fully saturated rings. The van der Waals surface area contributed by atoms with Crippen molar-refractivity contribution in [2.45, 2.75) is 19.4 Å². The van der Waals surface area contributed by atoms with Gasteiger partial charge in [-0.25, -0.2) is 0 Å². The lowest BCUT2D eigenvalue weighted by atomic mass is 9.89. The minimum absolute atomic E-state index is 0.0115. The summed E-state index contributed by atoms with van der Waals surface area (Å²) in [5.41, 5.74) is 0.270. The van der Waals surface area contributed by atoms with Crippen molar-refractivity contribution in [3.05, 3.63) is 29.8 Å². The van der Waals surface area contributed by atoms with Crippen LogP contribution in [0.2, 0.25) is 0 Å². The van der Waals surface area contributed by atoms with Gasteiger partial charge in [-0.2, -0.15) is 0 Å². The Balaban J connectivity index is 2.31. The first kappa shape index (κ1) is 11.9. The third-order valence-electron chi connectivity index (χ3n) is 3.07. The normalized spacial score (nSPS) is 24.2. The molecule has 0 aliphatic carbocycles. The Morgan fingerprint density at radius 1 is 1.41 bits per heavy atom. The summed E-state index contributed by atoms with van der Waals surface area (Å²) in [4.78, 5) is 12.0. The lowest BCUT2D eigenvalue weighted by Gasteiger charge is -2.34. The third kappa shape index (κ3) is 2.26. The van der Waals surface area contributed by atoms with E-state index in [1.54, 1.807) is 0 Å². The van der Waals surface area contributed by atoms with Gasteiger partial charge in [-0.1, -0.05) is 12.1 Å². The Bertz CT molecular complexity index is 420. The Morgan fingerprint density at radius 3 is 2.94 bits per heavy atom. The lowest BCUT2D eigenvalue weighted by Crippen LogP contribution is -2.59. The van der Waals surface area contributed by atoms with E-state index in [9.17, 15) is 4.79 Å². The average molecular weight is 234 g/mol. The fourth-order valence-electron chi connectivity index (χ4n) is 2.04. The van der Waals surface area contributed by atoms with Crippen molar-refractivity contribution in [3.63, 3.8) is 0 Å². The molecule has 0 radical (unpaired) electrons. The SMILES string of the molecule is CCOc1cccc(C2(C)NCCNC2=O)c1. The molecule has 1 amide bonds. The van der Waals surface area contributed by atoms with Gasteiger partial charge in [-0.3, -0.25) is 10.1 Å². The molecule has 1 atom stereocenters. The molecule has 1 aromatic carbocycles. The van der Waals surface area contributed by atoms with Crippen molar-refractivity contribution >= 4 is 5.91 Å². The number of ether oxygens (including phenoxy) is 1. The van der Waals surface area contributed by atoms with Gasteiger partial charge in [0.05, 0.1) is 6.61 Å². The summed E-state index contributed by atoms with van der Waals surface area (Å²) >= 11 is 0. The zero-order chi connectivity index (χ0) is 12.3. The van der Waals surface area contributed by atoms with Crippen LogP contribution in [0.5, 0.6) is 5.75 Å². The molecule has 17 heavy (non-hydrogen) atoms. The van der Waals surface area contributed by atoms with Crippen molar-refractivity contribution in [1.82, 2.24) is 10.6 Å². The van der Waals surface area contributed by atoms with Crippen LogP contribution in [0.3, 0.4) is 0 Å². The maximum absolute atomic E-state index is 12.0. The topological polar surface area (TPSA) is 50.4 Å². The number of amides is 1. The van der Waals surface area contributed by atoms with Gasteiger partial charge >= 0.3 is 0 Å². The van der Waals surface area contributed by atoms with E-state index in [2.05, 4.69) is 10.6 Å². The first-order valence-corrected chi connectivity index (χ1v) is 5.93. The summed E-state index contributed by atoms with van der Waals surface area (Å²) in [7, 11) is 0. The van der Waals surface area contributed by atoms with Gasteiger partial charge in [0.15, 0.2) is 0 Å². The minimum atomic E-state index is -0.661. The Labute approximate surface area is 101 Å². The van der Waals surface area contributed by atoms with Crippen molar-refractivity contribution in [2.24, 2.45) is 0 Å². The molecule has 1 saturated heterocycles. The first-order chi connectivity index (χ1) is 8.16. The molecule has 0 bridgehead atoms. The third-order valence-corrected chi connectivity index (χ3v) is 3.07. The number of hydrogen-bond donors (Lipinski definition) is 2. The molecule has 1 heterocycles. The minimum Gasteiger partial charge on any atom is -0.494 e. The molecular weight excluding hydrogens is 216 g/mol. The van der Waals surface area contributed by atoms with E-state index >= 15 is 0 Å². The first-order valence-electron chi connectivity index (χ1n) is 5.93. The fourth-order valence-corrected chi connectivity index (χ4v) is 2.04. The molecule has 4 nitrogen and oxygen atoms in total. The average Bonchev–Trinajstić information content (AvgIpc) is 2.34. The van der Waals surface area contributed by atoms with Crippen molar-refractivity contribution in [2.75, 3.05) is 19.7 Å². The van der Waals surface area contributed by atoms with Crippen LogP contribution in [0.1, 0.15) is 19.4 Å². The molecule has 1 aromatic rings. The van der Waals surface area contributed by atoms with Gasteiger partial charge in [0.1, 0.15) is 11.3 Å². The van der Waals surface area contributed by atoms with Crippen molar-refractivity contribution < 1.29 is 9.53 Å². The number of nitrogens with one attached hydrogen (secondary N) is 2. The number of carbonyl (C=O) groups excluding carboxylic acids is 1. The smallest absolute Gasteiger partial charge is 0.244 e. The molecule has 0 spiro atoms. The summed E-state index contributed by atoms with van der Waals surface area (Å²) in [6.07, 6.45) is 0. The monoisotopic (exact) mass is 234 g/mol. The van der Waals surface area contributed by atoms with Crippen LogP contribution in [-0.2, 0) is 10.3 Å². The van der Waals surface area contributed by atoms with Crippen molar-refractivity contribution in [1.29, 1.82) is 0 Å². The van der Waals surface area contributed by atoms with Crippen LogP contribution >= 0.6 is 0 Å². The van der Waals surface area contributed by atoms with E-state index in [0.29, 0.717) is 13.2 Å². The van der Waals surface area contributed by atoms with Crippen LogP contribution in [0.25, 0.3) is 0 Å². The van der Waals surface area contributed by atoms with Crippen LogP contribution in [0.4, 0.5) is 0 Å². The van der Waals surface area contributed by atoms with E-state index < -0.39 is 5.54 Å². The van der Waals surface area contributed by atoms with Crippen LogP contribution in [0, 0.1) is 0 Å². The second kappa shape index (κ2) is 4.75. The van der Waals surface area contributed by atoms with E-state index in [0.717, 1.165) is 17.9 Å². The zero-order valence-corrected chi connectivity index (χ0v) is 10.2. The molecular formula is C13H18N2O2. The summed E-state index contributed by atoms with van der Waals surface area (Å²) in [6, 6.07) is 7.67. The molecule has 2 rings (SSSR count). The quantitative estimate of drug-likeness (QED) is 0.821. The highest BCUT2D eigenvalue weighted by Crippen LogP contribution is 2.25. The van der Waals surface area contributed by atoms with Crippen LogP contribution < -0.4 is 15.4 Å². The zero-order valence-electron chi connectivity index (χ0n) is 10.2. The summed E-state index contributed by atoms with van der Waals surface area (Å²) in [6.45, 7) is 5.92. The number of benzene rings is 1. The van der Waals surface area contributed by atoms with Gasteiger partial charge in [-0.15, -0.1) is 0 Å². The van der Waals surface area contributed by atoms with Gasteiger partial charge in [0.2, 0.25) is 5.91 Å². The predicted molar refractivity (Wildman–Crippen MR) is 66.0 cm³/mol. The second-order valence-electron chi connectivity index (χ2n) is 4.27. The van der Waals surface area contributed by atoms with E-state index in [4.69, 9.17) is 4.74 Å². The molecule has 1 aliphatic rings. The molecule has 92 valence electrons. The van der Waals surface area contributed by atoms with Crippen LogP contribution in [0.15, 0.2) is 24.3 Å². The number of hydrogen-bond acceptors (Lipinski definition) is 3. The standard InChI is InChI=1S/C13H18N2O2/c1-3-17-11-6-4-5-10(9-11)13(2)12(16)14-7-8-15-13/h4-6,9,15H,3,7-8H2,1-2H3,(H,14,16). The van der Waals surface area contributed by atoms with E-state index in [1.807, 2.05) is 38.1 Å². The van der Waals surface area contributed by atoms with E-state index in [-0.39, 0.29) is 5.91 Å². The highest BCUT2D eigenvalue weighted by atomic mass is 16.5. The summed E-state index contributed by atoms with van der Waals surface area (Å²) in [5, 5.41) is 6.14. The summed E-state index contributed by atoms with van der Waals surface area (Å²) in [5.74, 6) is 0.809. The van der Waals surface area contributed by atoms with E-state index in [1.165, 1.54) is 0 Å².